The van der Waals surface area contributed by atoms with Gasteiger partial charge in [-0.25, -0.2) is 4.98 Å². The fourth-order valence-electron chi connectivity index (χ4n) is 3.49. The van der Waals surface area contributed by atoms with E-state index in [1.807, 2.05) is 0 Å². The quantitative estimate of drug-likeness (QED) is 0.727. The Kier molecular flexibility index (Phi) is 4.51. The third kappa shape index (κ3) is 3.37. The number of aromatic amines is 1. The van der Waals surface area contributed by atoms with Crippen molar-refractivity contribution in [2.45, 2.75) is 46.1 Å². The fourth-order valence-corrected chi connectivity index (χ4v) is 3.49. The fraction of sp³-hybridized carbons (Fsp3) is 0.400. The van der Waals surface area contributed by atoms with Gasteiger partial charge >= 0.3 is 0 Å². The molecule has 140 valence electrons. The number of H-pyrrole nitrogens is 1. The number of aryl methyl sites for hydroxylation is 2. The highest BCUT2D eigenvalue weighted by Gasteiger charge is 2.23. The average molecular weight is 365 g/mol. The van der Waals surface area contributed by atoms with Gasteiger partial charge in [0.15, 0.2) is 5.69 Å². The second-order valence-electron chi connectivity index (χ2n) is 7.49. The number of rotatable bonds is 5. The van der Waals surface area contributed by atoms with Gasteiger partial charge in [0, 0.05) is 23.5 Å². The summed E-state index contributed by atoms with van der Waals surface area (Å²) in [7, 11) is 0. The predicted molar refractivity (Wildman–Crippen MR) is 104 cm³/mol. The maximum atomic E-state index is 12.8. The van der Waals surface area contributed by atoms with Crippen molar-refractivity contribution in [3.8, 4) is 0 Å². The molecule has 0 saturated carbocycles. The average Bonchev–Trinajstić information content (AvgIpc) is 3.25. The number of carbonyl (C=O) groups excluding carboxylic acids is 1. The third-order valence-corrected chi connectivity index (χ3v) is 5.05. The first kappa shape index (κ1) is 17.5. The van der Waals surface area contributed by atoms with Crippen LogP contribution in [0.25, 0.3) is 10.9 Å². The van der Waals surface area contributed by atoms with Crippen molar-refractivity contribution < 1.29 is 4.79 Å². The van der Waals surface area contributed by atoms with Crippen molar-refractivity contribution >= 4 is 22.5 Å². The molecule has 2 aromatic heterocycles. The third-order valence-electron chi connectivity index (χ3n) is 5.05. The van der Waals surface area contributed by atoms with E-state index < -0.39 is 0 Å². The monoisotopic (exact) mass is 365 g/mol. The van der Waals surface area contributed by atoms with Crippen molar-refractivity contribution in [1.29, 1.82) is 0 Å². The van der Waals surface area contributed by atoms with E-state index in [9.17, 15) is 9.59 Å². The van der Waals surface area contributed by atoms with Gasteiger partial charge in [-0.2, -0.15) is 5.10 Å². The van der Waals surface area contributed by atoms with Gasteiger partial charge in [0.1, 0.15) is 0 Å². The van der Waals surface area contributed by atoms with Gasteiger partial charge in [0.2, 0.25) is 0 Å². The van der Waals surface area contributed by atoms with Crippen molar-refractivity contribution in [1.82, 2.24) is 19.7 Å². The number of nitrogens with zero attached hydrogens (tertiary/aromatic N) is 3. The molecular formula is C20H23N5O2. The summed E-state index contributed by atoms with van der Waals surface area (Å²) in [6, 6.07) is 5.22. The Morgan fingerprint density at radius 3 is 3.00 bits per heavy atom. The van der Waals surface area contributed by atoms with Crippen LogP contribution in [-0.2, 0) is 19.4 Å². The van der Waals surface area contributed by atoms with Crippen molar-refractivity contribution in [2.24, 2.45) is 5.92 Å². The Hall–Kier alpha value is -2.96. The highest BCUT2D eigenvalue weighted by molar-refractivity contribution is 6.04. The summed E-state index contributed by atoms with van der Waals surface area (Å²) in [4.78, 5) is 29.7. The highest BCUT2D eigenvalue weighted by Crippen LogP contribution is 2.24. The number of hydrogen-bond donors (Lipinski definition) is 2. The molecule has 3 aromatic rings. The molecule has 0 bridgehead atoms. The molecule has 1 aliphatic carbocycles. The normalized spacial score (nSPS) is 13.3. The second-order valence-corrected chi connectivity index (χ2v) is 7.49. The molecule has 7 nitrogen and oxygen atoms in total. The SMILES string of the molecule is CC(C)CCn1cnc2ccc(NC(=O)c3n[nH]c4c3CCC4)cc2c1=O. The molecular weight excluding hydrogens is 342 g/mol. The van der Waals surface area contributed by atoms with E-state index in [2.05, 4.69) is 34.3 Å². The molecule has 2 N–H and O–H groups in total. The maximum Gasteiger partial charge on any atom is 0.276 e. The van der Waals surface area contributed by atoms with Crippen LogP contribution in [0.1, 0.15) is 48.4 Å². The lowest BCUT2D eigenvalue weighted by Gasteiger charge is -2.10. The molecule has 0 aliphatic heterocycles. The maximum absolute atomic E-state index is 12.8. The molecule has 2 heterocycles. The molecule has 0 radical (unpaired) electrons. The summed E-state index contributed by atoms with van der Waals surface area (Å²) >= 11 is 0. The van der Waals surface area contributed by atoms with Gasteiger partial charge in [-0.15, -0.1) is 0 Å². The minimum atomic E-state index is -0.252. The van der Waals surface area contributed by atoms with E-state index in [1.165, 1.54) is 0 Å². The number of carbonyl (C=O) groups is 1. The van der Waals surface area contributed by atoms with E-state index in [1.54, 1.807) is 29.1 Å². The predicted octanol–water partition coefficient (Wildman–Crippen LogP) is 2.91. The number of fused-ring (bicyclic) bond motifs is 2. The van der Waals surface area contributed by atoms with Crippen LogP contribution in [0, 0.1) is 5.92 Å². The van der Waals surface area contributed by atoms with E-state index in [0.29, 0.717) is 34.7 Å². The molecule has 0 atom stereocenters. The van der Waals surface area contributed by atoms with E-state index in [0.717, 1.165) is 36.9 Å². The van der Waals surface area contributed by atoms with Crippen LogP contribution < -0.4 is 10.9 Å². The van der Waals surface area contributed by atoms with Crippen LogP contribution in [0.15, 0.2) is 29.3 Å². The van der Waals surface area contributed by atoms with Crippen LogP contribution in [-0.4, -0.2) is 25.7 Å². The molecule has 4 rings (SSSR count). The van der Waals surface area contributed by atoms with E-state index in [-0.39, 0.29) is 11.5 Å². The van der Waals surface area contributed by atoms with Crippen molar-refractivity contribution in [3.05, 3.63) is 51.8 Å². The smallest absolute Gasteiger partial charge is 0.276 e. The Labute approximate surface area is 156 Å². The molecule has 7 heteroatoms. The molecule has 27 heavy (non-hydrogen) atoms. The Balaban J connectivity index is 1.61. The molecule has 1 aliphatic rings. The number of aromatic nitrogens is 4. The van der Waals surface area contributed by atoms with Crippen LogP contribution in [0.3, 0.4) is 0 Å². The molecule has 0 unspecified atom stereocenters. The molecule has 0 fully saturated rings. The number of anilines is 1. The zero-order chi connectivity index (χ0) is 19.0. The van der Waals surface area contributed by atoms with Crippen LogP contribution >= 0.6 is 0 Å². The van der Waals surface area contributed by atoms with Gasteiger partial charge in [-0.1, -0.05) is 13.8 Å². The van der Waals surface area contributed by atoms with Crippen LogP contribution in [0.5, 0.6) is 0 Å². The largest absolute Gasteiger partial charge is 0.321 e. The number of benzene rings is 1. The lowest BCUT2D eigenvalue weighted by molar-refractivity contribution is 0.102. The van der Waals surface area contributed by atoms with Gasteiger partial charge in [0.05, 0.1) is 17.2 Å². The Morgan fingerprint density at radius 1 is 1.33 bits per heavy atom. The summed E-state index contributed by atoms with van der Waals surface area (Å²) < 4.78 is 1.63. The molecule has 0 saturated heterocycles. The summed E-state index contributed by atoms with van der Waals surface area (Å²) in [5.41, 5.74) is 3.62. The Bertz CT molecular complexity index is 1060. The van der Waals surface area contributed by atoms with Crippen LogP contribution in [0.4, 0.5) is 5.69 Å². The lowest BCUT2D eigenvalue weighted by atomic mass is 10.1. The van der Waals surface area contributed by atoms with Crippen molar-refractivity contribution in [3.63, 3.8) is 0 Å². The first-order valence-corrected chi connectivity index (χ1v) is 9.39. The van der Waals surface area contributed by atoms with E-state index in [4.69, 9.17) is 0 Å². The summed E-state index contributed by atoms with van der Waals surface area (Å²) in [6.07, 6.45) is 5.36. The second kappa shape index (κ2) is 6.98. The van der Waals surface area contributed by atoms with Crippen LogP contribution in [0.2, 0.25) is 0 Å². The number of hydrogen-bond acceptors (Lipinski definition) is 4. The topological polar surface area (TPSA) is 92.7 Å². The van der Waals surface area contributed by atoms with E-state index >= 15 is 0 Å². The molecule has 0 spiro atoms. The minimum absolute atomic E-state index is 0.0857. The number of amides is 1. The zero-order valence-electron chi connectivity index (χ0n) is 15.6. The minimum Gasteiger partial charge on any atom is -0.321 e. The molecule has 1 amide bonds. The summed E-state index contributed by atoms with van der Waals surface area (Å²) in [5, 5.41) is 10.5. The van der Waals surface area contributed by atoms with Gasteiger partial charge in [-0.3, -0.25) is 19.3 Å². The standard InChI is InChI=1S/C20H23N5O2/c1-12(2)8-9-25-11-21-16-7-6-13(10-15(16)20(25)27)22-19(26)18-14-4-3-5-17(14)23-24-18/h6-7,10-12H,3-5,8-9H2,1-2H3,(H,22,26)(H,23,24). The first-order valence-electron chi connectivity index (χ1n) is 9.39. The first-order chi connectivity index (χ1) is 13.0. The van der Waals surface area contributed by atoms with Crippen molar-refractivity contribution in [2.75, 3.05) is 5.32 Å². The zero-order valence-corrected chi connectivity index (χ0v) is 15.6. The summed E-state index contributed by atoms with van der Waals surface area (Å²) in [5.74, 6) is 0.256. The van der Waals surface area contributed by atoms with Gasteiger partial charge in [-0.05, 0) is 49.8 Å². The lowest BCUT2D eigenvalue weighted by Crippen LogP contribution is -2.21. The summed E-state index contributed by atoms with van der Waals surface area (Å²) in [6.45, 7) is 4.88. The molecule has 1 aromatic carbocycles. The Morgan fingerprint density at radius 2 is 2.19 bits per heavy atom. The van der Waals surface area contributed by atoms with Gasteiger partial charge < -0.3 is 5.32 Å². The highest BCUT2D eigenvalue weighted by atomic mass is 16.2. The van der Waals surface area contributed by atoms with Gasteiger partial charge in [0.25, 0.3) is 11.5 Å². The number of nitrogens with one attached hydrogen (secondary N) is 2.